The van der Waals surface area contributed by atoms with Crippen LogP contribution in [0.2, 0.25) is 10.0 Å². The molecule has 0 saturated carbocycles. The van der Waals surface area contributed by atoms with Gasteiger partial charge < -0.3 is 10.5 Å². The van der Waals surface area contributed by atoms with Gasteiger partial charge in [0.1, 0.15) is 12.1 Å². The topological polar surface area (TPSA) is 78.9 Å². The number of nitrogens with zero attached hydrogens (tertiary/aromatic N) is 4. The number of hydrogen-bond donors (Lipinski definition) is 1. The van der Waals surface area contributed by atoms with Crippen molar-refractivity contribution in [1.29, 1.82) is 0 Å². The van der Waals surface area contributed by atoms with Gasteiger partial charge in [0.15, 0.2) is 11.4 Å². The SMILES string of the molecule is COc1c(Cl)ccc(C2c3ccccc3CC2n2cc3c(N)ncnc3n2)c1Cl. The highest BCUT2D eigenvalue weighted by Gasteiger charge is 2.37. The first kappa shape index (κ1) is 18.2. The Labute approximate surface area is 177 Å². The van der Waals surface area contributed by atoms with Crippen LogP contribution in [0.25, 0.3) is 11.0 Å². The van der Waals surface area contributed by atoms with Crippen molar-refractivity contribution < 1.29 is 4.74 Å². The summed E-state index contributed by atoms with van der Waals surface area (Å²) in [5.41, 5.74) is 10.0. The van der Waals surface area contributed by atoms with E-state index in [-0.39, 0.29) is 12.0 Å². The average molecular weight is 426 g/mol. The molecule has 0 radical (unpaired) electrons. The van der Waals surface area contributed by atoms with E-state index in [9.17, 15) is 0 Å². The highest BCUT2D eigenvalue weighted by molar-refractivity contribution is 6.37. The molecule has 5 rings (SSSR count). The minimum atomic E-state index is -0.0200. The zero-order chi connectivity index (χ0) is 20.1. The molecule has 0 aliphatic heterocycles. The Bertz CT molecular complexity index is 1240. The van der Waals surface area contributed by atoms with Crippen LogP contribution >= 0.6 is 23.2 Å². The number of ether oxygens (including phenoxy) is 1. The van der Waals surface area contributed by atoms with Crippen LogP contribution in [0.3, 0.4) is 0 Å². The molecule has 2 atom stereocenters. The number of nitrogen functional groups attached to an aromatic ring is 1. The molecule has 0 amide bonds. The first-order chi connectivity index (χ1) is 14.1. The Morgan fingerprint density at radius 1 is 1.10 bits per heavy atom. The molecule has 0 saturated heterocycles. The molecule has 146 valence electrons. The normalized spacial score (nSPS) is 18.2. The Hall–Kier alpha value is -2.83. The summed E-state index contributed by atoms with van der Waals surface area (Å²) in [6.07, 6.45) is 4.15. The van der Waals surface area contributed by atoms with Gasteiger partial charge in [-0.3, -0.25) is 4.68 Å². The Morgan fingerprint density at radius 2 is 1.93 bits per heavy atom. The fourth-order valence-corrected chi connectivity index (χ4v) is 4.86. The van der Waals surface area contributed by atoms with Crippen LogP contribution in [0.4, 0.5) is 5.82 Å². The fourth-order valence-electron chi connectivity index (χ4n) is 4.21. The van der Waals surface area contributed by atoms with Crippen LogP contribution in [0.5, 0.6) is 5.75 Å². The molecule has 1 aliphatic rings. The van der Waals surface area contributed by atoms with Gasteiger partial charge in [-0.15, -0.1) is 0 Å². The van der Waals surface area contributed by atoms with Crippen molar-refractivity contribution in [2.24, 2.45) is 0 Å². The summed E-state index contributed by atoms with van der Waals surface area (Å²) in [6.45, 7) is 0. The average Bonchev–Trinajstić information content (AvgIpc) is 3.31. The van der Waals surface area contributed by atoms with E-state index >= 15 is 0 Å². The Kier molecular flexibility index (Phi) is 4.33. The van der Waals surface area contributed by atoms with Gasteiger partial charge in [0.25, 0.3) is 0 Å². The van der Waals surface area contributed by atoms with Crippen LogP contribution in [0, 0.1) is 0 Å². The van der Waals surface area contributed by atoms with Crippen LogP contribution < -0.4 is 10.5 Å². The second-order valence-corrected chi connectivity index (χ2v) is 7.82. The molecule has 0 bridgehead atoms. The third-order valence-corrected chi connectivity index (χ3v) is 6.21. The Morgan fingerprint density at radius 3 is 2.72 bits per heavy atom. The van der Waals surface area contributed by atoms with Crippen molar-refractivity contribution in [3.63, 3.8) is 0 Å². The standard InChI is InChI=1S/C21H17Cl2N5O/c1-29-19-15(22)7-6-13(18(19)23)17-12-5-3-2-4-11(12)8-16(17)28-9-14-20(24)25-10-26-21(14)27-28/h2-7,9-10,16-17H,8H2,1H3,(H2,24,25,26,27). The lowest BCUT2D eigenvalue weighted by Gasteiger charge is -2.23. The minimum Gasteiger partial charge on any atom is -0.494 e. The quantitative estimate of drug-likeness (QED) is 0.516. The summed E-state index contributed by atoms with van der Waals surface area (Å²) in [5.74, 6) is 0.877. The number of methoxy groups -OCH3 is 1. The van der Waals surface area contributed by atoms with Crippen molar-refractivity contribution in [3.05, 3.63) is 75.7 Å². The van der Waals surface area contributed by atoms with E-state index in [0.29, 0.717) is 27.3 Å². The van der Waals surface area contributed by atoms with Gasteiger partial charge in [-0.1, -0.05) is 53.5 Å². The molecule has 4 aromatic rings. The van der Waals surface area contributed by atoms with Crippen molar-refractivity contribution in [2.45, 2.75) is 18.4 Å². The van der Waals surface area contributed by atoms with E-state index < -0.39 is 0 Å². The fraction of sp³-hybridized carbons (Fsp3) is 0.190. The molecule has 2 aromatic heterocycles. The number of halogens is 2. The molecule has 1 aliphatic carbocycles. The molecule has 2 N–H and O–H groups in total. The van der Waals surface area contributed by atoms with Crippen LogP contribution in [0.15, 0.2) is 48.9 Å². The van der Waals surface area contributed by atoms with Gasteiger partial charge in [0, 0.05) is 12.1 Å². The Balaban J connectivity index is 1.70. The van der Waals surface area contributed by atoms with Gasteiger partial charge in [-0.25, -0.2) is 9.97 Å². The maximum absolute atomic E-state index is 6.74. The lowest BCUT2D eigenvalue weighted by atomic mass is 9.90. The monoisotopic (exact) mass is 425 g/mol. The van der Waals surface area contributed by atoms with E-state index in [1.54, 1.807) is 7.11 Å². The number of nitrogens with two attached hydrogens (primary N) is 1. The molecule has 2 aromatic carbocycles. The molecule has 0 fully saturated rings. The third-order valence-electron chi connectivity index (χ3n) is 5.53. The molecular weight excluding hydrogens is 409 g/mol. The van der Waals surface area contributed by atoms with Crippen LogP contribution in [0.1, 0.15) is 28.7 Å². The summed E-state index contributed by atoms with van der Waals surface area (Å²) >= 11 is 13.0. The van der Waals surface area contributed by atoms with Crippen LogP contribution in [-0.4, -0.2) is 26.9 Å². The highest BCUT2D eigenvalue weighted by Crippen LogP contribution is 2.49. The smallest absolute Gasteiger partial charge is 0.186 e. The summed E-state index contributed by atoms with van der Waals surface area (Å²) in [5, 5.41) is 6.43. The van der Waals surface area contributed by atoms with E-state index in [2.05, 4.69) is 27.2 Å². The highest BCUT2D eigenvalue weighted by atomic mass is 35.5. The summed E-state index contributed by atoms with van der Waals surface area (Å²) in [6, 6.07) is 12.1. The number of hydrogen-bond acceptors (Lipinski definition) is 5. The first-order valence-electron chi connectivity index (χ1n) is 9.13. The molecule has 8 heteroatoms. The number of fused-ring (bicyclic) bond motifs is 2. The van der Waals surface area contributed by atoms with E-state index in [4.69, 9.17) is 33.7 Å². The lowest BCUT2D eigenvalue weighted by molar-refractivity contribution is 0.411. The number of benzene rings is 2. The minimum absolute atomic E-state index is 0.00406. The maximum Gasteiger partial charge on any atom is 0.186 e. The molecule has 0 spiro atoms. The largest absolute Gasteiger partial charge is 0.494 e. The molecule has 29 heavy (non-hydrogen) atoms. The maximum atomic E-state index is 6.74. The summed E-state index contributed by atoms with van der Waals surface area (Å²) in [4.78, 5) is 8.32. The van der Waals surface area contributed by atoms with E-state index in [0.717, 1.165) is 17.4 Å². The third kappa shape index (κ3) is 2.82. The first-order valence-corrected chi connectivity index (χ1v) is 9.89. The van der Waals surface area contributed by atoms with Crippen molar-refractivity contribution in [3.8, 4) is 5.75 Å². The zero-order valence-electron chi connectivity index (χ0n) is 15.5. The van der Waals surface area contributed by atoms with Crippen molar-refractivity contribution >= 4 is 40.1 Å². The predicted molar refractivity (Wildman–Crippen MR) is 114 cm³/mol. The summed E-state index contributed by atoms with van der Waals surface area (Å²) < 4.78 is 7.38. The van der Waals surface area contributed by atoms with Crippen molar-refractivity contribution in [2.75, 3.05) is 12.8 Å². The number of aromatic nitrogens is 4. The van der Waals surface area contributed by atoms with E-state index in [1.165, 1.54) is 17.5 Å². The molecule has 2 unspecified atom stereocenters. The van der Waals surface area contributed by atoms with Crippen LogP contribution in [-0.2, 0) is 6.42 Å². The number of anilines is 1. The zero-order valence-corrected chi connectivity index (χ0v) is 17.0. The van der Waals surface area contributed by atoms with Gasteiger partial charge in [-0.05, 0) is 29.2 Å². The lowest BCUT2D eigenvalue weighted by Crippen LogP contribution is -2.16. The van der Waals surface area contributed by atoms with Gasteiger partial charge >= 0.3 is 0 Å². The van der Waals surface area contributed by atoms with Gasteiger partial charge in [0.05, 0.1) is 28.6 Å². The molecule has 6 nitrogen and oxygen atoms in total. The predicted octanol–water partition coefficient (Wildman–Crippen LogP) is 4.65. The second kappa shape index (κ2) is 6.90. The van der Waals surface area contributed by atoms with E-state index in [1.807, 2.05) is 35.1 Å². The van der Waals surface area contributed by atoms with Crippen molar-refractivity contribution in [1.82, 2.24) is 19.7 Å². The molecule has 2 heterocycles. The molecular formula is C21H17Cl2N5O. The van der Waals surface area contributed by atoms with Gasteiger partial charge in [-0.2, -0.15) is 5.10 Å². The number of rotatable bonds is 3. The second-order valence-electron chi connectivity index (χ2n) is 7.04. The van der Waals surface area contributed by atoms with Gasteiger partial charge in [0.2, 0.25) is 0 Å². The summed E-state index contributed by atoms with van der Waals surface area (Å²) in [7, 11) is 1.57.